The van der Waals surface area contributed by atoms with Gasteiger partial charge in [0.05, 0.1) is 0 Å². The maximum Gasteiger partial charge on any atom is 0.531 e. The summed E-state index contributed by atoms with van der Waals surface area (Å²) in [6.45, 7) is 14.0. The Kier molecular flexibility index (Phi) is 10.5. The van der Waals surface area contributed by atoms with Gasteiger partial charge in [0, 0.05) is 25.9 Å². The standard InChI is InChI=1S/C14H28O6Si/c1-7-13(15)19-12(6)20-14(8-2)21(16-9-3,17-10-4)18-11-5/h7,12,14H,1,8-11H2,2-6H3. The van der Waals surface area contributed by atoms with Crippen LogP contribution in [0.1, 0.15) is 41.0 Å². The zero-order valence-electron chi connectivity index (χ0n) is 13.7. The SMILES string of the molecule is C=CC(=O)OC(C)OC(CC)[Si](OCC)(OCC)OCC. The molecule has 0 bridgehead atoms. The van der Waals surface area contributed by atoms with Crippen molar-refractivity contribution >= 4 is 14.8 Å². The van der Waals surface area contributed by atoms with Gasteiger partial charge in [0.15, 0.2) is 0 Å². The smallest absolute Gasteiger partial charge is 0.433 e. The summed E-state index contributed by atoms with van der Waals surface area (Å²) >= 11 is 0. The van der Waals surface area contributed by atoms with Crippen molar-refractivity contribution in [3.05, 3.63) is 12.7 Å². The van der Waals surface area contributed by atoms with Crippen molar-refractivity contribution in [2.75, 3.05) is 19.8 Å². The Morgan fingerprint density at radius 2 is 1.57 bits per heavy atom. The fourth-order valence-corrected chi connectivity index (χ4v) is 4.78. The number of esters is 1. The van der Waals surface area contributed by atoms with E-state index in [0.29, 0.717) is 26.2 Å². The van der Waals surface area contributed by atoms with Gasteiger partial charge in [-0.05, 0) is 34.1 Å². The number of hydrogen-bond donors (Lipinski definition) is 0. The number of ether oxygens (including phenoxy) is 2. The van der Waals surface area contributed by atoms with Crippen LogP contribution in [0, 0.1) is 0 Å². The van der Waals surface area contributed by atoms with Gasteiger partial charge in [0.25, 0.3) is 0 Å². The minimum atomic E-state index is -2.99. The predicted octanol–water partition coefficient (Wildman–Crippen LogP) is 2.44. The molecule has 0 amide bonds. The van der Waals surface area contributed by atoms with E-state index in [4.69, 9.17) is 22.8 Å². The lowest BCUT2D eigenvalue weighted by Crippen LogP contribution is -2.58. The normalized spacial score (nSPS) is 14.5. The average molecular weight is 320 g/mol. The van der Waals surface area contributed by atoms with Gasteiger partial charge in [-0.25, -0.2) is 4.79 Å². The van der Waals surface area contributed by atoms with Gasteiger partial charge < -0.3 is 22.8 Å². The Bertz CT molecular complexity index is 293. The van der Waals surface area contributed by atoms with Gasteiger partial charge in [-0.1, -0.05) is 13.5 Å². The first-order valence-electron chi connectivity index (χ1n) is 7.39. The van der Waals surface area contributed by atoms with Crippen molar-refractivity contribution in [2.45, 2.75) is 53.1 Å². The van der Waals surface area contributed by atoms with E-state index in [1.165, 1.54) is 0 Å². The molecule has 124 valence electrons. The lowest BCUT2D eigenvalue weighted by molar-refractivity contribution is -0.179. The minimum Gasteiger partial charge on any atom is -0.433 e. The summed E-state index contributed by atoms with van der Waals surface area (Å²) in [7, 11) is -2.99. The van der Waals surface area contributed by atoms with Crippen molar-refractivity contribution in [3.8, 4) is 0 Å². The van der Waals surface area contributed by atoms with Crippen molar-refractivity contribution in [1.82, 2.24) is 0 Å². The monoisotopic (exact) mass is 320 g/mol. The Hall–Kier alpha value is -0.733. The summed E-state index contributed by atoms with van der Waals surface area (Å²) in [5.74, 6) is -0.533. The molecule has 0 aliphatic carbocycles. The molecule has 0 aliphatic rings. The zero-order valence-corrected chi connectivity index (χ0v) is 14.7. The predicted molar refractivity (Wildman–Crippen MR) is 81.5 cm³/mol. The highest BCUT2D eigenvalue weighted by molar-refractivity contribution is 6.62. The third-order valence-electron chi connectivity index (χ3n) is 2.61. The van der Waals surface area contributed by atoms with Crippen LogP contribution in [0.3, 0.4) is 0 Å². The van der Waals surface area contributed by atoms with E-state index in [2.05, 4.69) is 6.58 Å². The molecule has 2 unspecified atom stereocenters. The van der Waals surface area contributed by atoms with Crippen LogP contribution >= 0.6 is 0 Å². The third kappa shape index (κ3) is 6.71. The summed E-state index contributed by atoms with van der Waals surface area (Å²) in [5.41, 5.74) is -0.398. The van der Waals surface area contributed by atoms with Crippen molar-refractivity contribution in [3.63, 3.8) is 0 Å². The van der Waals surface area contributed by atoms with Crippen LogP contribution in [-0.4, -0.2) is 46.6 Å². The number of carbonyl (C=O) groups is 1. The molecule has 6 nitrogen and oxygen atoms in total. The second-order valence-electron chi connectivity index (χ2n) is 4.14. The van der Waals surface area contributed by atoms with E-state index in [-0.39, 0.29) is 0 Å². The van der Waals surface area contributed by atoms with E-state index in [9.17, 15) is 4.79 Å². The second kappa shape index (κ2) is 10.9. The number of rotatable bonds is 12. The maximum absolute atomic E-state index is 11.2. The van der Waals surface area contributed by atoms with Crippen molar-refractivity contribution < 1.29 is 27.5 Å². The molecular formula is C14H28O6Si. The van der Waals surface area contributed by atoms with Gasteiger partial charge in [-0.2, -0.15) is 0 Å². The van der Waals surface area contributed by atoms with E-state index < -0.39 is 26.8 Å². The first kappa shape index (κ1) is 20.3. The van der Waals surface area contributed by atoms with Crippen LogP contribution in [0.25, 0.3) is 0 Å². The molecular weight excluding hydrogens is 292 g/mol. The molecule has 0 aliphatic heterocycles. The molecule has 0 rings (SSSR count). The van der Waals surface area contributed by atoms with Gasteiger partial charge >= 0.3 is 14.8 Å². The first-order valence-corrected chi connectivity index (χ1v) is 9.20. The topological polar surface area (TPSA) is 63.2 Å². The highest BCUT2D eigenvalue weighted by atomic mass is 28.4. The summed E-state index contributed by atoms with van der Waals surface area (Å²) in [5, 5.41) is 0. The molecule has 0 saturated heterocycles. The Morgan fingerprint density at radius 3 is 1.90 bits per heavy atom. The van der Waals surface area contributed by atoms with Gasteiger partial charge in [0.2, 0.25) is 6.29 Å². The van der Waals surface area contributed by atoms with Crippen LogP contribution in [0.5, 0.6) is 0 Å². The highest BCUT2D eigenvalue weighted by Crippen LogP contribution is 2.22. The van der Waals surface area contributed by atoms with Crippen molar-refractivity contribution in [2.24, 2.45) is 0 Å². The van der Waals surface area contributed by atoms with Crippen LogP contribution in [-0.2, 0) is 27.5 Å². The van der Waals surface area contributed by atoms with Crippen LogP contribution in [0.4, 0.5) is 0 Å². The minimum absolute atomic E-state index is 0.398. The average Bonchev–Trinajstić information content (AvgIpc) is 2.45. The Morgan fingerprint density at radius 1 is 1.10 bits per heavy atom. The largest absolute Gasteiger partial charge is 0.531 e. The quantitative estimate of drug-likeness (QED) is 0.238. The summed E-state index contributed by atoms with van der Waals surface area (Å²) in [6.07, 6.45) is 0.995. The molecule has 7 heteroatoms. The third-order valence-corrected chi connectivity index (χ3v) is 6.01. The van der Waals surface area contributed by atoms with Gasteiger partial charge in [0.1, 0.15) is 5.73 Å². The van der Waals surface area contributed by atoms with E-state index in [1.54, 1.807) is 6.92 Å². The van der Waals surface area contributed by atoms with Crippen LogP contribution in [0.2, 0.25) is 0 Å². The lowest BCUT2D eigenvalue weighted by atomic mass is 10.5. The molecule has 0 aromatic carbocycles. The zero-order chi connectivity index (χ0) is 16.3. The first-order chi connectivity index (χ1) is 9.99. The molecule has 0 radical (unpaired) electrons. The summed E-state index contributed by atoms with van der Waals surface area (Å²) in [4.78, 5) is 11.2. The molecule has 0 fully saturated rings. The van der Waals surface area contributed by atoms with Crippen molar-refractivity contribution in [1.29, 1.82) is 0 Å². The van der Waals surface area contributed by atoms with E-state index in [0.717, 1.165) is 6.08 Å². The molecule has 0 spiro atoms. The number of hydrogen-bond acceptors (Lipinski definition) is 6. The molecule has 0 saturated carbocycles. The molecule has 2 atom stereocenters. The lowest BCUT2D eigenvalue weighted by Gasteiger charge is -2.35. The summed E-state index contributed by atoms with van der Waals surface area (Å²) < 4.78 is 28.2. The molecule has 0 heterocycles. The number of carbonyl (C=O) groups excluding carboxylic acids is 1. The van der Waals surface area contributed by atoms with Gasteiger partial charge in [-0.3, -0.25) is 0 Å². The fourth-order valence-electron chi connectivity index (χ4n) is 1.91. The maximum atomic E-state index is 11.2. The second-order valence-corrected chi connectivity index (χ2v) is 6.86. The van der Waals surface area contributed by atoms with Gasteiger partial charge in [-0.15, -0.1) is 0 Å². The highest BCUT2D eigenvalue weighted by Gasteiger charge is 2.50. The van der Waals surface area contributed by atoms with Crippen LogP contribution in [0.15, 0.2) is 12.7 Å². The Labute approximate surface area is 128 Å². The Balaban J connectivity index is 5.01. The molecule has 0 N–H and O–H groups in total. The molecule has 0 aromatic rings. The van der Waals surface area contributed by atoms with E-state index >= 15 is 0 Å². The fraction of sp³-hybridized carbons (Fsp3) is 0.786. The summed E-state index contributed by atoms with van der Waals surface area (Å²) in [6, 6.07) is 0. The van der Waals surface area contributed by atoms with Crippen LogP contribution < -0.4 is 0 Å². The molecule has 21 heavy (non-hydrogen) atoms. The molecule has 0 aromatic heterocycles. The van der Waals surface area contributed by atoms with E-state index in [1.807, 2.05) is 27.7 Å².